The minimum atomic E-state index is 0.737. The Morgan fingerprint density at radius 2 is 2.29 bits per heavy atom. The van der Waals surface area contributed by atoms with Gasteiger partial charge in [0.25, 0.3) is 0 Å². The van der Waals surface area contributed by atoms with Crippen molar-refractivity contribution >= 4 is 17.3 Å². The largest absolute Gasteiger partial charge is 0.356 e. The average Bonchev–Trinajstić information content (AvgIpc) is 2.93. The lowest BCUT2D eigenvalue weighted by atomic mass is 9.98. The van der Waals surface area contributed by atoms with Gasteiger partial charge in [-0.15, -0.1) is 11.3 Å². The Labute approximate surface area is 132 Å². The van der Waals surface area contributed by atoms with Crippen LogP contribution >= 0.6 is 11.3 Å². The number of aryl methyl sites for hydroxylation is 1. The molecular weight excluding hydrogens is 280 g/mol. The number of aliphatic imine (C=N–C) groups is 1. The van der Waals surface area contributed by atoms with Crippen LogP contribution in [0.1, 0.15) is 29.5 Å². The molecule has 1 unspecified atom stereocenters. The molecule has 0 saturated carbocycles. The Morgan fingerprint density at radius 3 is 2.95 bits per heavy atom. The molecule has 1 aromatic heterocycles. The summed E-state index contributed by atoms with van der Waals surface area (Å²) in [7, 11) is 1.84. The first kappa shape index (κ1) is 16.3. The van der Waals surface area contributed by atoms with Gasteiger partial charge in [-0.25, -0.2) is 0 Å². The number of hydrogen-bond acceptors (Lipinski definition) is 3. The van der Waals surface area contributed by atoms with Crippen molar-refractivity contribution in [1.29, 1.82) is 0 Å². The molecule has 2 heterocycles. The molecule has 5 heteroatoms. The topological polar surface area (TPSA) is 39.7 Å². The van der Waals surface area contributed by atoms with E-state index >= 15 is 0 Å². The second-order valence-corrected chi connectivity index (χ2v) is 7.09. The van der Waals surface area contributed by atoms with Gasteiger partial charge in [-0.3, -0.25) is 4.99 Å². The number of nitrogens with zero attached hydrogens (tertiary/aromatic N) is 2. The zero-order valence-corrected chi connectivity index (χ0v) is 14.3. The summed E-state index contributed by atoms with van der Waals surface area (Å²) in [4.78, 5) is 9.57. The molecule has 1 aromatic rings. The molecule has 0 spiro atoms. The minimum Gasteiger partial charge on any atom is -0.356 e. The summed E-state index contributed by atoms with van der Waals surface area (Å²) >= 11 is 1.84. The van der Waals surface area contributed by atoms with Gasteiger partial charge >= 0.3 is 0 Å². The number of nitrogens with one attached hydrogen (secondary N) is 2. The molecule has 0 amide bonds. The number of likely N-dealkylation sites (tertiary alicyclic amines) is 1. The molecule has 1 saturated heterocycles. The lowest BCUT2D eigenvalue weighted by Crippen LogP contribution is -2.44. The first-order valence-electron chi connectivity index (χ1n) is 7.93. The van der Waals surface area contributed by atoms with E-state index in [4.69, 9.17) is 0 Å². The fourth-order valence-electron chi connectivity index (χ4n) is 2.82. The fraction of sp³-hybridized carbons (Fsp3) is 0.688. The number of rotatable bonds is 5. The molecule has 0 radical (unpaired) electrons. The van der Waals surface area contributed by atoms with Gasteiger partial charge in [0, 0.05) is 29.9 Å². The van der Waals surface area contributed by atoms with Gasteiger partial charge in [-0.2, -0.15) is 0 Å². The highest BCUT2D eigenvalue weighted by Crippen LogP contribution is 2.15. The Morgan fingerprint density at radius 1 is 1.43 bits per heavy atom. The molecule has 0 aromatic carbocycles. The van der Waals surface area contributed by atoms with Crippen LogP contribution in [0.5, 0.6) is 0 Å². The van der Waals surface area contributed by atoms with Crippen LogP contribution in [0.4, 0.5) is 0 Å². The van der Waals surface area contributed by atoms with E-state index in [0.717, 1.165) is 25.0 Å². The summed E-state index contributed by atoms with van der Waals surface area (Å²) in [5.41, 5.74) is 0. The third-order valence-corrected chi connectivity index (χ3v) is 5.06. The van der Waals surface area contributed by atoms with Gasteiger partial charge in [0.2, 0.25) is 0 Å². The summed E-state index contributed by atoms with van der Waals surface area (Å²) in [5.74, 6) is 1.65. The molecule has 2 N–H and O–H groups in total. The quantitative estimate of drug-likeness (QED) is 0.648. The van der Waals surface area contributed by atoms with Crippen LogP contribution in [-0.2, 0) is 6.54 Å². The molecule has 4 nitrogen and oxygen atoms in total. The first-order valence-corrected chi connectivity index (χ1v) is 8.75. The summed E-state index contributed by atoms with van der Waals surface area (Å²) in [6, 6.07) is 4.35. The highest BCUT2D eigenvalue weighted by Gasteiger charge is 2.18. The average molecular weight is 308 g/mol. The molecule has 0 bridgehead atoms. The van der Waals surface area contributed by atoms with E-state index in [9.17, 15) is 0 Å². The van der Waals surface area contributed by atoms with Crippen LogP contribution in [0, 0.1) is 12.8 Å². The maximum Gasteiger partial charge on any atom is 0.191 e. The summed E-state index contributed by atoms with van der Waals surface area (Å²) < 4.78 is 0. The molecule has 2 rings (SSSR count). The van der Waals surface area contributed by atoms with E-state index in [1.165, 1.54) is 42.2 Å². The van der Waals surface area contributed by atoms with Crippen molar-refractivity contribution in [2.45, 2.75) is 33.2 Å². The second kappa shape index (κ2) is 8.39. The van der Waals surface area contributed by atoms with Gasteiger partial charge in [-0.05, 0) is 50.9 Å². The van der Waals surface area contributed by atoms with Gasteiger partial charge < -0.3 is 15.5 Å². The summed E-state index contributed by atoms with van der Waals surface area (Å²) in [6.45, 7) is 9.90. The fourth-order valence-corrected chi connectivity index (χ4v) is 3.65. The summed E-state index contributed by atoms with van der Waals surface area (Å²) in [6.07, 6.45) is 2.64. The second-order valence-electron chi connectivity index (χ2n) is 5.72. The minimum absolute atomic E-state index is 0.737. The smallest absolute Gasteiger partial charge is 0.191 e. The third kappa shape index (κ3) is 5.32. The lowest BCUT2D eigenvalue weighted by molar-refractivity contribution is 0.183. The van der Waals surface area contributed by atoms with E-state index < -0.39 is 0 Å². The van der Waals surface area contributed by atoms with Gasteiger partial charge in [0.05, 0.1) is 6.54 Å². The Kier molecular flexibility index (Phi) is 6.51. The van der Waals surface area contributed by atoms with Crippen molar-refractivity contribution in [2.24, 2.45) is 10.9 Å². The molecule has 1 fully saturated rings. The van der Waals surface area contributed by atoms with E-state index in [0.29, 0.717) is 0 Å². The van der Waals surface area contributed by atoms with Crippen molar-refractivity contribution in [3.05, 3.63) is 21.9 Å². The van der Waals surface area contributed by atoms with Gasteiger partial charge in [-0.1, -0.05) is 6.92 Å². The van der Waals surface area contributed by atoms with Crippen LogP contribution < -0.4 is 10.6 Å². The van der Waals surface area contributed by atoms with Crippen molar-refractivity contribution in [3.8, 4) is 0 Å². The van der Waals surface area contributed by atoms with E-state index in [-0.39, 0.29) is 0 Å². The van der Waals surface area contributed by atoms with Gasteiger partial charge in [0.15, 0.2) is 5.96 Å². The van der Waals surface area contributed by atoms with E-state index in [1.807, 2.05) is 18.4 Å². The standard InChI is InChI=1S/C16H28N4S/c1-4-20-9-5-6-14(12-20)10-18-16(17-3)19-11-15-8-7-13(2)21-15/h7-8,14H,4-6,9-12H2,1-3H3,(H2,17,18,19). The lowest BCUT2D eigenvalue weighted by Gasteiger charge is -2.32. The van der Waals surface area contributed by atoms with Crippen molar-refractivity contribution in [2.75, 3.05) is 33.2 Å². The van der Waals surface area contributed by atoms with Crippen LogP contribution in [0.15, 0.2) is 17.1 Å². The normalized spacial score (nSPS) is 20.5. The Hall–Kier alpha value is -1.07. The summed E-state index contributed by atoms with van der Waals surface area (Å²) in [5, 5.41) is 6.88. The Balaban J connectivity index is 1.72. The third-order valence-electron chi connectivity index (χ3n) is 4.06. The first-order chi connectivity index (χ1) is 10.2. The monoisotopic (exact) mass is 308 g/mol. The van der Waals surface area contributed by atoms with E-state index in [2.05, 4.69) is 46.5 Å². The maximum absolute atomic E-state index is 4.32. The predicted molar refractivity (Wildman–Crippen MR) is 92.1 cm³/mol. The number of guanidine groups is 1. The maximum atomic E-state index is 4.32. The predicted octanol–water partition coefficient (Wildman–Crippen LogP) is 2.45. The SMILES string of the molecule is CCN1CCCC(CNC(=NC)NCc2ccc(C)s2)C1. The van der Waals surface area contributed by atoms with Crippen LogP contribution in [0.3, 0.4) is 0 Å². The van der Waals surface area contributed by atoms with Crippen molar-refractivity contribution < 1.29 is 0 Å². The molecule has 0 aliphatic carbocycles. The van der Waals surface area contributed by atoms with Crippen LogP contribution in [0.25, 0.3) is 0 Å². The molecule has 1 atom stereocenters. The molecule has 118 valence electrons. The highest BCUT2D eigenvalue weighted by atomic mass is 32.1. The van der Waals surface area contributed by atoms with Crippen molar-refractivity contribution in [1.82, 2.24) is 15.5 Å². The molecule has 1 aliphatic rings. The Bertz CT molecular complexity index is 455. The van der Waals surface area contributed by atoms with Crippen molar-refractivity contribution in [3.63, 3.8) is 0 Å². The van der Waals surface area contributed by atoms with Gasteiger partial charge in [0.1, 0.15) is 0 Å². The number of hydrogen-bond donors (Lipinski definition) is 2. The number of piperidine rings is 1. The number of thiophene rings is 1. The zero-order valence-electron chi connectivity index (χ0n) is 13.5. The molecule has 21 heavy (non-hydrogen) atoms. The van der Waals surface area contributed by atoms with E-state index in [1.54, 1.807) is 0 Å². The van der Waals surface area contributed by atoms with Crippen LogP contribution in [0.2, 0.25) is 0 Å². The van der Waals surface area contributed by atoms with Crippen LogP contribution in [-0.4, -0.2) is 44.1 Å². The molecule has 1 aliphatic heterocycles. The molecular formula is C16H28N4S. The highest BCUT2D eigenvalue weighted by molar-refractivity contribution is 7.11. The zero-order chi connectivity index (χ0) is 15.1.